The zero-order chi connectivity index (χ0) is 13.1. The van der Waals surface area contributed by atoms with Crippen LogP contribution in [-0.2, 0) is 6.54 Å². The Morgan fingerprint density at radius 2 is 2.21 bits per heavy atom. The second kappa shape index (κ2) is 5.54. The highest BCUT2D eigenvalue weighted by Gasteiger charge is 2.21. The molecule has 19 heavy (non-hydrogen) atoms. The minimum atomic E-state index is 0.0563. The molecule has 0 amide bonds. The SMILES string of the molecule is CN(Cc1cnns1)C[C@H]1COc2ccccc2O1. The smallest absolute Gasteiger partial charge is 0.161 e. The van der Waals surface area contributed by atoms with Gasteiger partial charge in [0, 0.05) is 13.1 Å². The quantitative estimate of drug-likeness (QED) is 0.853. The van der Waals surface area contributed by atoms with Crippen LogP contribution in [0.2, 0.25) is 0 Å². The molecular weight excluding hydrogens is 262 g/mol. The molecule has 3 rings (SSSR count). The van der Waals surface area contributed by atoms with Gasteiger partial charge < -0.3 is 9.47 Å². The van der Waals surface area contributed by atoms with Crippen LogP contribution in [0, 0.1) is 0 Å². The van der Waals surface area contributed by atoms with Crippen molar-refractivity contribution in [3.8, 4) is 11.5 Å². The van der Waals surface area contributed by atoms with Crippen molar-refractivity contribution in [3.63, 3.8) is 0 Å². The van der Waals surface area contributed by atoms with Crippen molar-refractivity contribution < 1.29 is 9.47 Å². The molecule has 1 aromatic carbocycles. The van der Waals surface area contributed by atoms with E-state index in [1.807, 2.05) is 24.3 Å². The van der Waals surface area contributed by atoms with Crippen molar-refractivity contribution in [1.82, 2.24) is 14.5 Å². The summed E-state index contributed by atoms with van der Waals surface area (Å²) in [4.78, 5) is 3.34. The third-order valence-corrected chi connectivity index (χ3v) is 3.56. The summed E-state index contributed by atoms with van der Waals surface area (Å²) in [5, 5.41) is 3.84. The first-order chi connectivity index (χ1) is 9.31. The number of aromatic nitrogens is 2. The molecule has 1 aliphatic heterocycles. The molecule has 0 fully saturated rings. The van der Waals surface area contributed by atoms with Gasteiger partial charge in [0.05, 0.1) is 11.1 Å². The first-order valence-electron chi connectivity index (χ1n) is 6.14. The highest BCUT2D eigenvalue weighted by atomic mass is 32.1. The summed E-state index contributed by atoms with van der Waals surface area (Å²) >= 11 is 1.43. The lowest BCUT2D eigenvalue weighted by atomic mass is 10.2. The molecule has 1 aromatic heterocycles. The van der Waals surface area contributed by atoms with E-state index in [1.54, 1.807) is 6.20 Å². The van der Waals surface area contributed by atoms with Crippen LogP contribution >= 0.6 is 11.5 Å². The number of para-hydroxylation sites is 2. The number of hydrogen-bond donors (Lipinski definition) is 0. The summed E-state index contributed by atoms with van der Waals surface area (Å²) in [6.45, 7) is 2.23. The number of likely N-dealkylation sites (N-methyl/N-ethyl adjacent to an activating group) is 1. The molecular formula is C13H15N3O2S. The summed E-state index contributed by atoms with van der Waals surface area (Å²) in [5.74, 6) is 1.65. The Morgan fingerprint density at radius 3 is 3.00 bits per heavy atom. The minimum absolute atomic E-state index is 0.0563. The highest BCUT2D eigenvalue weighted by Crippen LogP contribution is 2.30. The summed E-state index contributed by atoms with van der Waals surface area (Å²) in [6.07, 6.45) is 1.86. The molecule has 0 saturated heterocycles. The number of hydrogen-bond acceptors (Lipinski definition) is 6. The number of rotatable bonds is 4. The maximum absolute atomic E-state index is 5.93. The summed E-state index contributed by atoms with van der Waals surface area (Å²) in [6, 6.07) is 7.77. The van der Waals surface area contributed by atoms with Crippen LogP contribution in [0.25, 0.3) is 0 Å². The van der Waals surface area contributed by atoms with E-state index in [-0.39, 0.29) is 6.10 Å². The predicted octanol–water partition coefficient (Wildman–Crippen LogP) is 1.81. The van der Waals surface area contributed by atoms with E-state index in [4.69, 9.17) is 9.47 Å². The van der Waals surface area contributed by atoms with E-state index in [0.717, 1.165) is 29.5 Å². The van der Waals surface area contributed by atoms with E-state index in [9.17, 15) is 0 Å². The van der Waals surface area contributed by atoms with Gasteiger partial charge in [-0.15, -0.1) is 5.10 Å². The van der Waals surface area contributed by atoms with Crippen molar-refractivity contribution in [2.75, 3.05) is 20.2 Å². The average Bonchev–Trinajstić information content (AvgIpc) is 2.91. The van der Waals surface area contributed by atoms with Gasteiger partial charge in [0.1, 0.15) is 12.7 Å². The first kappa shape index (κ1) is 12.4. The highest BCUT2D eigenvalue weighted by molar-refractivity contribution is 7.05. The number of fused-ring (bicyclic) bond motifs is 1. The van der Waals surface area contributed by atoms with Crippen LogP contribution in [0.5, 0.6) is 11.5 Å². The Bertz CT molecular complexity index is 532. The van der Waals surface area contributed by atoms with Crippen molar-refractivity contribution in [2.24, 2.45) is 0 Å². The number of ether oxygens (including phenoxy) is 2. The Kier molecular flexibility index (Phi) is 3.61. The zero-order valence-electron chi connectivity index (χ0n) is 10.7. The Balaban J connectivity index is 1.57. The second-order valence-electron chi connectivity index (χ2n) is 4.58. The third kappa shape index (κ3) is 3.02. The minimum Gasteiger partial charge on any atom is -0.486 e. The number of nitrogens with zero attached hydrogens (tertiary/aromatic N) is 3. The summed E-state index contributed by atoms with van der Waals surface area (Å²) in [7, 11) is 2.06. The third-order valence-electron chi connectivity index (χ3n) is 2.92. The van der Waals surface area contributed by atoms with Gasteiger partial charge in [-0.1, -0.05) is 16.6 Å². The molecule has 2 heterocycles. The first-order valence-corrected chi connectivity index (χ1v) is 6.92. The predicted molar refractivity (Wildman–Crippen MR) is 72.6 cm³/mol. The fraction of sp³-hybridized carbons (Fsp3) is 0.385. The standard InChI is InChI=1S/C13H15N3O2S/c1-16(8-11-6-14-15-19-11)7-10-9-17-12-4-2-3-5-13(12)18-10/h2-6,10H,7-9H2,1H3/t10-/m0/s1. The average molecular weight is 277 g/mol. The molecule has 0 radical (unpaired) electrons. The Labute approximate surface area is 115 Å². The maximum atomic E-state index is 5.93. The van der Waals surface area contributed by atoms with Gasteiger partial charge in [-0.05, 0) is 30.7 Å². The zero-order valence-corrected chi connectivity index (χ0v) is 11.5. The van der Waals surface area contributed by atoms with Gasteiger partial charge >= 0.3 is 0 Å². The molecule has 1 atom stereocenters. The lowest BCUT2D eigenvalue weighted by Crippen LogP contribution is -2.39. The van der Waals surface area contributed by atoms with E-state index in [0.29, 0.717) is 6.61 Å². The molecule has 5 nitrogen and oxygen atoms in total. The van der Waals surface area contributed by atoms with E-state index >= 15 is 0 Å². The van der Waals surface area contributed by atoms with Gasteiger partial charge in [-0.25, -0.2) is 0 Å². The Morgan fingerprint density at radius 1 is 1.37 bits per heavy atom. The molecule has 0 spiro atoms. The van der Waals surface area contributed by atoms with E-state index < -0.39 is 0 Å². The van der Waals surface area contributed by atoms with Gasteiger partial charge in [-0.2, -0.15) is 0 Å². The molecule has 0 unspecified atom stereocenters. The van der Waals surface area contributed by atoms with Crippen LogP contribution in [-0.4, -0.2) is 40.8 Å². The summed E-state index contributed by atoms with van der Waals surface area (Å²) < 4.78 is 15.5. The maximum Gasteiger partial charge on any atom is 0.161 e. The van der Waals surface area contributed by atoms with Crippen LogP contribution in [0.15, 0.2) is 30.5 Å². The lowest BCUT2D eigenvalue weighted by Gasteiger charge is -2.29. The molecule has 1 aliphatic rings. The molecule has 0 saturated carbocycles. The van der Waals surface area contributed by atoms with Crippen LogP contribution < -0.4 is 9.47 Å². The largest absolute Gasteiger partial charge is 0.486 e. The second-order valence-corrected chi connectivity index (χ2v) is 5.45. The molecule has 0 N–H and O–H groups in total. The van der Waals surface area contributed by atoms with Crippen LogP contribution in [0.1, 0.15) is 4.88 Å². The Hall–Kier alpha value is -1.66. The molecule has 0 aliphatic carbocycles. The van der Waals surface area contributed by atoms with Crippen LogP contribution in [0.3, 0.4) is 0 Å². The molecule has 6 heteroatoms. The van der Waals surface area contributed by atoms with Gasteiger partial charge in [0.15, 0.2) is 11.5 Å². The van der Waals surface area contributed by atoms with Gasteiger partial charge in [-0.3, -0.25) is 4.90 Å². The fourth-order valence-corrected chi connectivity index (χ4v) is 2.66. The van der Waals surface area contributed by atoms with Gasteiger partial charge in [0.25, 0.3) is 0 Å². The van der Waals surface area contributed by atoms with Crippen molar-refractivity contribution in [2.45, 2.75) is 12.6 Å². The monoisotopic (exact) mass is 277 g/mol. The van der Waals surface area contributed by atoms with Crippen LogP contribution in [0.4, 0.5) is 0 Å². The number of benzene rings is 1. The fourth-order valence-electron chi connectivity index (χ4n) is 2.09. The molecule has 0 bridgehead atoms. The molecule has 100 valence electrons. The topological polar surface area (TPSA) is 47.5 Å². The molecule has 2 aromatic rings. The normalized spacial score (nSPS) is 17.7. The van der Waals surface area contributed by atoms with Crippen molar-refractivity contribution in [1.29, 1.82) is 0 Å². The van der Waals surface area contributed by atoms with Crippen molar-refractivity contribution in [3.05, 3.63) is 35.3 Å². The lowest BCUT2D eigenvalue weighted by molar-refractivity contribution is 0.0640. The van der Waals surface area contributed by atoms with E-state index in [1.165, 1.54) is 11.5 Å². The van der Waals surface area contributed by atoms with Crippen molar-refractivity contribution >= 4 is 11.5 Å². The van der Waals surface area contributed by atoms with E-state index in [2.05, 4.69) is 21.5 Å². The summed E-state index contributed by atoms with van der Waals surface area (Å²) in [5.41, 5.74) is 0. The van der Waals surface area contributed by atoms with Gasteiger partial charge in [0.2, 0.25) is 0 Å².